The number of aromatic nitrogens is 1. The van der Waals surface area contributed by atoms with Crippen molar-refractivity contribution in [2.75, 3.05) is 5.32 Å². The average Bonchev–Trinajstić information content (AvgIpc) is 2.38. The fourth-order valence-corrected chi connectivity index (χ4v) is 1.78. The third kappa shape index (κ3) is 3.04. The number of carboxylic acids is 1. The summed E-state index contributed by atoms with van der Waals surface area (Å²) in [6.45, 7) is 0. The van der Waals surface area contributed by atoms with Gasteiger partial charge in [-0.1, -0.05) is 11.6 Å². The third-order valence-electron chi connectivity index (χ3n) is 2.44. The first-order chi connectivity index (χ1) is 9.47. The van der Waals surface area contributed by atoms with Gasteiger partial charge in [0.2, 0.25) is 0 Å². The Labute approximate surface area is 118 Å². The van der Waals surface area contributed by atoms with Crippen LogP contribution in [0.15, 0.2) is 36.7 Å². The lowest BCUT2D eigenvalue weighted by Crippen LogP contribution is -2.12. The summed E-state index contributed by atoms with van der Waals surface area (Å²) in [5, 5.41) is 20.6. The molecule has 0 aliphatic heterocycles. The average molecular weight is 293 g/mol. The van der Waals surface area contributed by atoms with Crippen molar-refractivity contribution < 1.29 is 19.8 Å². The molecule has 0 aliphatic rings. The standard InChI is InChI=1S/C13H9ClN2O4/c14-11-4-8(1-2-10(11)13(19)20)16-12(18)7-3-9(17)6-15-5-7/h1-6,17H,(H,16,18)(H,19,20). The molecule has 0 unspecified atom stereocenters. The van der Waals surface area contributed by atoms with Gasteiger partial charge in [-0.05, 0) is 24.3 Å². The number of pyridine rings is 1. The number of aromatic hydroxyl groups is 1. The van der Waals surface area contributed by atoms with Crippen molar-refractivity contribution in [3.8, 4) is 5.75 Å². The van der Waals surface area contributed by atoms with Gasteiger partial charge in [-0.15, -0.1) is 0 Å². The van der Waals surface area contributed by atoms with Gasteiger partial charge in [0.05, 0.1) is 22.3 Å². The van der Waals surface area contributed by atoms with E-state index in [0.717, 1.165) is 0 Å². The summed E-state index contributed by atoms with van der Waals surface area (Å²) < 4.78 is 0. The minimum absolute atomic E-state index is 0.0179. The van der Waals surface area contributed by atoms with Crippen LogP contribution in [0.2, 0.25) is 5.02 Å². The lowest BCUT2D eigenvalue weighted by molar-refractivity contribution is 0.0697. The summed E-state index contributed by atoms with van der Waals surface area (Å²) in [5.74, 6) is -1.77. The van der Waals surface area contributed by atoms with Crippen molar-refractivity contribution in [2.24, 2.45) is 0 Å². The highest BCUT2D eigenvalue weighted by molar-refractivity contribution is 6.33. The van der Waals surface area contributed by atoms with E-state index in [1.54, 1.807) is 0 Å². The van der Waals surface area contributed by atoms with E-state index in [4.69, 9.17) is 16.7 Å². The molecule has 1 heterocycles. The third-order valence-corrected chi connectivity index (χ3v) is 2.76. The van der Waals surface area contributed by atoms with Crippen LogP contribution in [0.4, 0.5) is 5.69 Å². The Hall–Kier alpha value is -2.60. The fraction of sp³-hybridized carbons (Fsp3) is 0. The number of aromatic carboxylic acids is 1. The Bertz CT molecular complexity index is 688. The molecule has 102 valence electrons. The number of benzene rings is 1. The number of hydrogen-bond acceptors (Lipinski definition) is 4. The maximum absolute atomic E-state index is 11.9. The predicted molar refractivity (Wildman–Crippen MR) is 72.3 cm³/mol. The molecule has 0 radical (unpaired) electrons. The van der Waals surface area contributed by atoms with E-state index in [1.807, 2.05) is 0 Å². The summed E-state index contributed by atoms with van der Waals surface area (Å²) in [7, 11) is 0. The van der Waals surface area contributed by atoms with Crippen molar-refractivity contribution in [2.45, 2.75) is 0 Å². The molecule has 3 N–H and O–H groups in total. The van der Waals surface area contributed by atoms with E-state index in [1.165, 1.54) is 36.7 Å². The van der Waals surface area contributed by atoms with Crippen LogP contribution in [-0.2, 0) is 0 Å². The number of hydrogen-bond donors (Lipinski definition) is 3. The van der Waals surface area contributed by atoms with Crippen molar-refractivity contribution in [3.05, 3.63) is 52.8 Å². The normalized spacial score (nSPS) is 10.1. The molecule has 0 aliphatic carbocycles. The van der Waals surface area contributed by atoms with E-state index in [2.05, 4.69) is 10.3 Å². The Morgan fingerprint density at radius 2 is 1.95 bits per heavy atom. The van der Waals surface area contributed by atoms with Crippen molar-refractivity contribution in [1.82, 2.24) is 4.98 Å². The summed E-state index contributed by atoms with van der Waals surface area (Å²) in [6, 6.07) is 5.30. The molecule has 0 saturated heterocycles. The van der Waals surface area contributed by atoms with Gasteiger partial charge in [-0.3, -0.25) is 9.78 Å². The van der Waals surface area contributed by atoms with Crippen LogP contribution in [-0.4, -0.2) is 27.1 Å². The van der Waals surface area contributed by atoms with Crippen LogP contribution in [0, 0.1) is 0 Å². The van der Waals surface area contributed by atoms with Crippen LogP contribution in [0.1, 0.15) is 20.7 Å². The quantitative estimate of drug-likeness (QED) is 0.806. The Morgan fingerprint density at radius 1 is 1.20 bits per heavy atom. The van der Waals surface area contributed by atoms with E-state index in [0.29, 0.717) is 5.69 Å². The van der Waals surface area contributed by atoms with Gasteiger partial charge < -0.3 is 15.5 Å². The number of amides is 1. The second kappa shape index (κ2) is 5.58. The minimum Gasteiger partial charge on any atom is -0.506 e. The van der Waals surface area contributed by atoms with Crippen LogP contribution in [0.5, 0.6) is 5.75 Å². The minimum atomic E-state index is -1.15. The molecule has 7 heteroatoms. The number of nitrogens with one attached hydrogen (secondary N) is 1. The van der Waals surface area contributed by atoms with Gasteiger partial charge in [0.1, 0.15) is 5.75 Å². The molecule has 0 bridgehead atoms. The number of carbonyl (C=O) groups excluding carboxylic acids is 1. The van der Waals surface area contributed by atoms with Crippen LogP contribution < -0.4 is 5.32 Å². The molecule has 1 aromatic heterocycles. The molecule has 0 fully saturated rings. The first-order valence-electron chi connectivity index (χ1n) is 5.45. The Morgan fingerprint density at radius 3 is 2.55 bits per heavy atom. The highest BCUT2D eigenvalue weighted by atomic mass is 35.5. The number of anilines is 1. The van der Waals surface area contributed by atoms with E-state index in [9.17, 15) is 14.7 Å². The second-order valence-corrected chi connectivity index (χ2v) is 4.29. The molecule has 1 aromatic carbocycles. The van der Waals surface area contributed by atoms with Gasteiger partial charge in [0, 0.05) is 11.9 Å². The van der Waals surface area contributed by atoms with E-state index in [-0.39, 0.29) is 21.9 Å². The monoisotopic (exact) mass is 292 g/mol. The summed E-state index contributed by atoms with van der Waals surface area (Å²) in [4.78, 5) is 26.4. The molecule has 0 atom stereocenters. The first-order valence-corrected chi connectivity index (χ1v) is 5.83. The lowest BCUT2D eigenvalue weighted by Gasteiger charge is -2.07. The largest absolute Gasteiger partial charge is 0.506 e. The maximum atomic E-state index is 11.9. The molecule has 2 aromatic rings. The van der Waals surface area contributed by atoms with Gasteiger partial charge in [-0.2, -0.15) is 0 Å². The highest BCUT2D eigenvalue weighted by Gasteiger charge is 2.11. The Balaban J connectivity index is 2.20. The van der Waals surface area contributed by atoms with Crippen molar-refractivity contribution in [1.29, 1.82) is 0 Å². The molecular formula is C13H9ClN2O4. The number of carboxylic acid groups (broad SMARTS) is 1. The van der Waals surface area contributed by atoms with Crippen molar-refractivity contribution >= 4 is 29.2 Å². The zero-order chi connectivity index (χ0) is 14.7. The zero-order valence-electron chi connectivity index (χ0n) is 10.0. The van der Waals surface area contributed by atoms with Gasteiger partial charge >= 0.3 is 5.97 Å². The van der Waals surface area contributed by atoms with Crippen LogP contribution in [0.25, 0.3) is 0 Å². The Kier molecular flexibility index (Phi) is 3.86. The maximum Gasteiger partial charge on any atom is 0.337 e. The number of halogens is 1. The molecule has 6 nitrogen and oxygen atoms in total. The van der Waals surface area contributed by atoms with Crippen LogP contribution >= 0.6 is 11.6 Å². The summed E-state index contributed by atoms with van der Waals surface area (Å²) >= 11 is 5.79. The SMILES string of the molecule is O=C(Nc1ccc(C(=O)O)c(Cl)c1)c1cncc(O)c1. The summed E-state index contributed by atoms with van der Waals surface area (Å²) in [6.07, 6.45) is 2.50. The smallest absolute Gasteiger partial charge is 0.337 e. The number of nitrogens with zero attached hydrogens (tertiary/aromatic N) is 1. The van der Waals surface area contributed by atoms with E-state index < -0.39 is 11.9 Å². The molecule has 1 amide bonds. The predicted octanol–water partition coefficient (Wildman–Crippen LogP) is 2.39. The van der Waals surface area contributed by atoms with Crippen LogP contribution in [0.3, 0.4) is 0 Å². The zero-order valence-corrected chi connectivity index (χ0v) is 10.8. The van der Waals surface area contributed by atoms with Crippen molar-refractivity contribution in [3.63, 3.8) is 0 Å². The topological polar surface area (TPSA) is 99.5 Å². The molecule has 0 saturated carbocycles. The highest BCUT2D eigenvalue weighted by Crippen LogP contribution is 2.21. The fourth-order valence-electron chi connectivity index (χ4n) is 1.52. The second-order valence-electron chi connectivity index (χ2n) is 3.89. The van der Waals surface area contributed by atoms with E-state index >= 15 is 0 Å². The van der Waals surface area contributed by atoms with Gasteiger partial charge in [-0.25, -0.2) is 4.79 Å². The summed E-state index contributed by atoms with van der Waals surface area (Å²) in [5.41, 5.74) is 0.459. The molecule has 2 rings (SSSR count). The molecule has 0 spiro atoms. The van der Waals surface area contributed by atoms with Gasteiger partial charge in [0.25, 0.3) is 5.91 Å². The lowest BCUT2D eigenvalue weighted by atomic mass is 10.2. The molecule has 20 heavy (non-hydrogen) atoms. The number of carbonyl (C=O) groups is 2. The first kappa shape index (κ1) is 13.8. The molecular weight excluding hydrogens is 284 g/mol. The van der Waals surface area contributed by atoms with Gasteiger partial charge in [0.15, 0.2) is 0 Å². The number of rotatable bonds is 3.